The summed E-state index contributed by atoms with van der Waals surface area (Å²) in [5.74, 6) is -0.0297. The lowest BCUT2D eigenvalue weighted by Gasteiger charge is -2.16. The van der Waals surface area contributed by atoms with Gasteiger partial charge in [-0.2, -0.15) is 0 Å². The van der Waals surface area contributed by atoms with Crippen molar-refractivity contribution in [1.82, 2.24) is 0 Å². The second kappa shape index (κ2) is 2.26. The molecule has 0 radical (unpaired) electrons. The summed E-state index contributed by atoms with van der Waals surface area (Å²) in [5, 5.41) is 8.79. The SMILES string of the molecule is C[C@@H]1CC[C@](C)(C(=O)O)C1. The number of hydrogen-bond donors (Lipinski definition) is 1. The van der Waals surface area contributed by atoms with Crippen molar-refractivity contribution in [3.63, 3.8) is 0 Å². The van der Waals surface area contributed by atoms with Crippen molar-refractivity contribution in [1.29, 1.82) is 0 Å². The molecule has 0 aromatic rings. The van der Waals surface area contributed by atoms with E-state index in [1.54, 1.807) is 0 Å². The molecule has 0 aliphatic heterocycles. The predicted octanol–water partition coefficient (Wildman–Crippen LogP) is 1.90. The summed E-state index contributed by atoms with van der Waals surface area (Å²) in [6, 6.07) is 0. The van der Waals surface area contributed by atoms with Crippen molar-refractivity contribution in [3.05, 3.63) is 0 Å². The first-order valence-electron chi connectivity index (χ1n) is 3.78. The zero-order chi connectivity index (χ0) is 7.78. The highest BCUT2D eigenvalue weighted by Gasteiger charge is 2.39. The molecule has 1 saturated carbocycles. The van der Waals surface area contributed by atoms with Gasteiger partial charge >= 0.3 is 5.97 Å². The molecule has 1 aliphatic rings. The Kier molecular flexibility index (Phi) is 1.71. The largest absolute Gasteiger partial charge is 0.481 e. The topological polar surface area (TPSA) is 37.3 Å². The number of rotatable bonds is 1. The Balaban J connectivity index is 2.63. The minimum absolute atomic E-state index is 0.417. The molecule has 0 aromatic heterocycles. The summed E-state index contributed by atoms with van der Waals surface area (Å²) in [7, 11) is 0. The average molecular weight is 142 g/mol. The molecule has 1 fully saturated rings. The first-order chi connectivity index (χ1) is 4.54. The van der Waals surface area contributed by atoms with Crippen LogP contribution in [0.2, 0.25) is 0 Å². The quantitative estimate of drug-likeness (QED) is 0.607. The van der Waals surface area contributed by atoms with Gasteiger partial charge in [0.25, 0.3) is 0 Å². The van der Waals surface area contributed by atoms with Gasteiger partial charge in [-0.1, -0.05) is 6.92 Å². The first-order valence-corrected chi connectivity index (χ1v) is 3.78. The van der Waals surface area contributed by atoms with Crippen LogP contribution in [0.5, 0.6) is 0 Å². The average Bonchev–Trinajstić information content (AvgIpc) is 2.13. The number of carboxylic acid groups (broad SMARTS) is 1. The second-order valence-corrected chi connectivity index (χ2v) is 3.71. The third kappa shape index (κ3) is 1.15. The van der Waals surface area contributed by atoms with E-state index in [1.165, 1.54) is 0 Å². The summed E-state index contributed by atoms with van der Waals surface area (Å²) in [6.07, 6.45) is 2.77. The summed E-state index contributed by atoms with van der Waals surface area (Å²) in [4.78, 5) is 10.7. The lowest BCUT2D eigenvalue weighted by Crippen LogP contribution is -2.23. The lowest BCUT2D eigenvalue weighted by atomic mass is 9.88. The molecule has 0 unspecified atom stereocenters. The molecule has 2 nitrogen and oxygen atoms in total. The highest BCUT2D eigenvalue weighted by Crippen LogP contribution is 2.41. The summed E-state index contributed by atoms with van der Waals surface area (Å²) < 4.78 is 0. The molecule has 1 rings (SSSR count). The van der Waals surface area contributed by atoms with Crippen LogP contribution in [-0.2, 0) is 4.79 Å². The third-order valence-corrected chi connectivity index (χ3v) is 2.50. The van der Waals surface area contributed by atoms with E-state index in [0.29, 0.717) is 5.92 Å². The van der Waals surface area contributed by atoms with E-state index in [2.05, 4.69) is 6.92 Å². The van der Waals surface area contributed by atoms with E-state index in [1.807, 2.05) is 6.92 Å². The molecular weight excluding hydrogens is 128 g/mol. The van der Waals surface area contributed by atoms with Crippen LogP contribution in [-0.4, -0.2) is 11.1 Å². The number of carbonyl (C=O) groups is 1. The molecule has 2 atom stereocenters. The van der Waals surface area contributed by atoms with Gasteiger partial charge in [-0.05, 0) is 32.1 Å². The van der Waals surface area contributed by atoms with Gasteiger partial charge in [0.15, 0.2) is 0 Å². The zero-order valence-electron chi connectivity index (χ0n) is 6.55. The molecule has 58 valence electrons. The zero-order valence-corrected chi connectivity index (χ0v) is 6.55. The van der Waals surface area contributed by atoms with Crippen LogP contribution in [0.3, 0.4) is 0 Å². The number of aliphatic carboxylic acids is 1. The smallest absolute Gasteiger partial charge is 0.309 e. The third-order valence-electron chi connectivity index (χ3n) is 2.50. The molecular formula is C8H14O2. The van der Waals surface area contributed by atoms with Gasteiger partial charge < -0.3 is 5.11 Å². The van der Waals surface area contributed by atoms with Crippen LogP contribution < -0.4 is 0 Å². The number of carboxylic acids is 1. The van der Waals surface area contributed by atoms with Gasteiger partial charge in [0.2, 0.25) is 0 Å². The van der Waals surface area contributed by atoms with Gasteiger partial charge in [0.05, 0.1) is 5.41 Å². The fourth-order valence-electron chi connectivity index (χ4n) is 1.73. The van der Waals surface area contributed by atoms with E-state index < -0.39 is 11.4 Å². The van der Waals surface area contributed by atoms with Crippen molar-refractivity contribution >= 4 is 5.97 Å². The molecule has 2 heteroatoms. The van der Waals surface area contributed by atoms with Crippen LogP contribution >= 0.6 is 0 Å². The van der Waals surface area contributed by atoms with Crippen molar-refractivity contribution < 1.29 is 9.90 Å². The normalized spacial score (nSPS) is 40.0. The van der Waals surface area contributed by atoms with Crippen LogP contribution in [0.4, 0.5) is 0 Å². The van der Waals surface area contributed by atoms with E-state index in [-0.39, 0.29) is 0 Å². The Morgan fingerprint density at radius 2 is 2.30 bits per heavy atom. The van der Waals surface area contributed by atoms with Gasteiger partial charge in [0, 0.05) is 0 Å². The van der Waals surface area contributed by atoms with Gasteiger partial charge in [-0.3, -0.25) is 4.79 Å². The Labute approximate surface area is 61.2 Å². The van der Waals surface area contributed by atoms with Crippen LogP contribution in [0.1, 0.15) is 33.1 Å². The standard InChI is InChI=1S/C8H14O2/c1-6-3-4-8(2,5-6)7(9)10/h6H,3-5H2,1-2H3,(H,9,10)/t6-,8+/m1/s1. The van der Waals surface area contributed by atoms with E-state index in [9.17, 15) is 4.79 Å². The van der Waals surface area contributed by atoms with E-state index in [0.717, 1.165) is 19.3 Å². The molecule has 0 saturated heterocycles. The Morgan fingerprint density at radius 1 is 1.70 bits per heavy atom. The maximum atomic E-state index is 10.7. The van der Waals surface area contributed by atoms with Gasteiger partial charge in [-0.25, -0.2) is 0 Å². The first kappa shape index (κ1) is 7.58. The van der Waals surface area contributed by atoms with E-state index in [4.69, 9.17) is 5.11 Å². The van der Waals surface area contributed by atoms with Crippen molar-refractivity contribution in [2.75, 3.05) is 0 Å². The molecule has 0 heterocycles. The van der Waals surface area contributed by atoms with Crippen molar-refractivity contribution in [2.24, 2.45) is 11.3 Å². The van der Waals surface area contributed by atoms with Crippen molar-refractivity contribution in [3.8, 4) is 0 Å². The molecule has 10 heavy (non-hydrogen) atoms. The number of hydrogen-bond acceptors (Lipinski definition) is 1. The molecule has 0 spiro atoms. The second-order valence-electron chi connectivity index (χ2n) is 3.71. The minimum atomic E-state index is -0.628. The summed E-state index contributed by atoms with van der Waals surface area (Å²) in [6.45, 7) is 3.97. The van der Waals surface area contributed by atoms with Crippen LogP contribution in [0.15, 0.2) is 0 Å². The molecule has 0 bridgehead atoms. The maximum Gasteiger partial charge on any atom is 0.309 e. The summed E-state index contributed by atoms with van der Waals surface area (Å²) in [5.41, 5.74) is -0.417. The lowest BCUT2D eigenvalue weighted by molar-refractivity contribution is -0.147. The molecule has 0 amide bonds. The van der Waals surface area contributed by atoms with Crippen LogP contribution in [0.25, 0.3) is 0 Å². The van der Waals surface area contributed by atoms with Gasteiger partial charge in [0.1, 0.15) is 0 Å². The van der Waals surface area contributed by atoms with Gasteiger partial charge in [-0.15, -0.1) is 0 Å². The Bertz CT molecular complexity index is 153. The Hall–Kier alpha value is -0.530. The molecule has 1 aliphatic carbocycles. The Morgan fingerprint density at radius 3 is 2.50 bits per heavy atom. The highest BCUT2D eigenvalue weighted by atomic mass is 16.4. The summed E-state index contributed by atoms with van der Waals surface area (Å²) >= 11 is 0. The molecule has 0 aromatic carbocycles. The minimum Gasteiger partial charge on any atom is -0.481 e. The van der Waals surface area contributed by atoms with Crippen LogP contribution in [0, 0.1) is 11.3 Å². The predicted molar refractivity (Wildman–Crippen MR) is 38.8 cm³/mol. The van der Waals surface area contributed by atoms with Crippen molar-refractivity contribution in [2.45, 2.75) is 33.1 Å². The fourth-order valence-corrected chi connectivity index (χ4v) is 1.73. The fraction of sp³-hybridized carbons (Fsp3) is 0.875. The highest BCUT2D eigenvalue weighted by molar-refractivity contribution is 5.74. The van der Waals surface area contributed by atoms with E-state index >= 15 is 0 Å². The monoisotopic (exact) mass is 142 g/mol. The molecule has 1 N–H and O–H groups in total. The maximum absolute atomic E-state index is 10.7.